The molecule has 1 heterocycles. The lowest BCUT2D eigenvalue weighted by molar-refractivity contribution is 0.277. The van der Waals surface area contributed by atoms with Gasteiger partial charge in [-0.05, 0) is 36.8 Å². The molecule has 3 rings (SSSR count). The van der Waals surface area contributed by atoms with Gasteiger partial charge in [0.1, 0.15) is 6.61 Å². The summed E-state index contributed by atoms with van der Waals surface area (Å²) in [6.45, 7) is 4.09. The summed E-state index contributed by atoms with van der Waals surface area (Å²) in [5, 5.41) is 1.21. The molecule has 0 atom stereocenters. The molecule has 0 radical (unpaired) electrons. The molecular weight excluding hydrogens is 288 g/mol. The lowest BCUT2D eigenvalue weighted by Crippen LogP contribution is -2.05. The van der Waals surface area contributed by atoms with Gasteiger partial charge < -0.3 is 19.8 Å². The molecule has 0 aliphatic rings. The number of methoxy groups -OCH3 is 1. The van der Waals surface area contributed by atoms with Crippen LogP contribution >= 0.6 is 0 Å². The zero-order valence-corrected chi connectivity index (χ0v) is 13.6. The van der Waals surface area contributed by atoms with Crippen molar-refractivity contribution in [1.82, 2.24) is 4.57 Å². The first-order valence-electron chi connectivity index (χ1n) is 7.83. The Morgan fingerprint density at radius 1 is 1.04 bits per heavy atom. The Labute approximate surface area is 136 Å². The molecule has 0 bridgehead atoms. The number of hydrogen-bond donors (Lipinski definition) is 1. The molecule has 3 aromatic rings. The van der Waals surface area contributed by atoms with Crippen molar-refractivity contribution in [3.05, 3.63) is 59.8 Å². The molecule has 23 heavy (non-hydrogen) atoms. The first-order chi connectivity index (χ1) is 11.3. The van der Waals surface area contributed by atoms with Gasteiger partial charge in [0.05, 0.1) is 12.8 Å². The number of fused-ring (bicyclic) bond motifs is 1. The number of para-hydroxylation sites is 2. The molecule has 0 fully saturated rings. The van der Waals surface area contributed by atoms with Crippen LogP contribution in [-0.4, -0.2) is 11.7 Å². The maximum absolute atomic E-state index is 5.97. The van der Waals surface area contributed by atoms with Crippen molar-refractivity contribution in [2.45, 2.75) is 26.6 Å². The fraction of sp³-hybridized carbons (Fsp3) is 0.263. The van der Waals surface area contributed by atoms with E-state index in [4.69, 9.17) is 15.2 Å². The average molecular weight is 310 g/mol. The number of benzene rings is 2. The van der Waals surface area contributed by atoms with Gasteiger partial charge in [0, 0.05) is 24.0 Å². The van der Waals surface area contributed by atoms with E-state index in [1.807, 2.05) is 24.3 Å². The van der Waals surface area contributed by atoms with Crippen LogP contribution in [0.5, 0.6) is 11.5 Å². The maximum Gasteiger partial charge on any atom is 0.161 e. The molecule has 0 spiro atoms. The summed E-state index contributed by atoms with van der Waals surface area (Å²) in [4.78, 5) is 0. The largest absolute Gasteiger partial charge is 0.493 e. The minimum absolute atomic E-state index is 0.501. The fourth-order valence-corrected chi connectivity index (χ4v) is 2.87. The molecule has 0 saturated carbocycles. The van der Waals surface area contributed by atoms with E-state index in [1.165, 1.54) is 10.9 Å². The molecule has 2 aromatic carbocycles. The number of aromatic nitrogens is 1. The Morgan fingerprint density at radius 2 is 1.83 bits per heavy atom. The second kappa shape index (κ2) is 6.75. The van der Waals surface area contributed by atoms with Gasteiger partial charge in [-0.2, -0.15) is 0 Å². The summed E-state index contributed by atoms with van der Waals surface area (Å²) in [7, 11) is 1.65. The first kappa shape index (κ1) is 15.4. The predicted octanol–water partition coefficient (Wildman–Crippen LogP) is 3.71. The highest BCUT2D eigenvalue weighted by molar-refractivity contribution is 5.82. The molecule has 2 N–H and O–H groups in total. The second-order valence-corrected chi connectivity index (χ2v) is 5.42. The van der Waals surface area contributed by atoms with Crippen LogP contribution in [0.4, 0.5) is 0 Å². The monoisotopic (exact) mass is 310 g/mol. The summed E-state index contributed by atoms with van der Waals surface area (Å²) in [5.74, 6) is 1.50. The van der Waals surface area contributed by atoms with E-state index >= 15 is 0 Å². The smallest absolute Gasteiger partial charge is 0.161 e. The lowest BCUT2D eigenvalue weighted by Gasteiger charge is -2.12. The molecule has 120 valence electrons. The molecule has 1 aromatic heterocycles. The highest BCUT2D eigenvalue weighted by atomic mass is 16.5. The van der Waals surface area contributed by atoms with E-state index in [2.05, 4.69) is 35.8 Å². The second-order valence-electron chi connectivity index (χ2n) is 5.42. The summed E-state index contributed by atoms with van der Waals surface area (Å²) >= 11 is 0. The molecule has 0 aliphatic heterocycles. The van der Waals surface area contributed by atoms with Crippen LogP contribution in [0.15, 0.2) is 48.5 Å². The van der Waals surface area contributed by atoms with E-state index in [1.54, 1.807) is 7.11 Å². The number of nitrogens with zero attached hydrogens (tertiary/aromatic N) is 1. The first-order valence-corrected chi connectivity index (χ1v) is 7.83. The minimum atomic E-state index is 0.501. The SMILES string of the molecule is CCn1c(COc2ccccc2OC)cc2ccc(CN)cc21. The zero-order chi connectivity index (χ0) is 16.2. The maximum atomic E-state index is 5.97. The van der Waals surface area contributed by atoms with Crippen LogP contribution in [-0.2, 0) is 19.7 Å². The molecule has 0 unspecified atom stereocenters. The van der Waals surface area contributed by atoms with E-state index in [0.29, 0.717) is 13.2 Å². The third-order valence-electron chi connectivity index (χ3n) is 4.05. The number of hydrogen-bond acceptors (Lipinski definition) is 3. The van der Waals surface area contributed by atoms with Crippen LogP contribution < -0.4 is 15.2 Å². The van der Waals surface area contributed by atoms with E-state index in [-0.39, 0.29) is 0 Å². The zero-order valence-electron chi connectivity index (χ0n) is 13.6. The number of ether oxygens (including phenoxy) is 2. The van der Waals surface area contributed by atoms with Gasteiger partial charge >= 0.3 is 0 Å². The molecule has 4 nitrogen and oxygen atoms in total. The van der Waals surface area contributed by atoms with Crippen molar-refractivity contribution in [2.75, 3.05) is 7.11 Å². The summed E-state index contributed by atoms with van der Waals surface area (Å²) in [5.41, 5.74) is 9.24. The summed E-state index contributed by atoms with van der Waals surface area (Å²) < 4.78 is 13.6. The van der Waals surface area contributed by atoms with Gasteiger partial charge in [0.2, 0.25) is 0 Å². The van der Waals surface area contributed by atoms with Crippen LogP contribution in [0.1, 0.15) is 18.2 Å². The van der Waals surface area contributed by atoms with Crippen molar-refractivity contribution < 1.29 is 9.47 Å². The molecule has 0 amide bonds. The minimum Gasteiger partial charge on any atom is -0.493 e. The van der Waals surface area contributed by atoms with Crippen molar-refractivity contribution in [1.29, 1.82) is 0 Å². The summed E-state index contributed by atoms with van der Waals surface area (Å²) in [6.07, 6.45) is 0. The van der Waals surface area contributed by atoms with Crippen molar-refractivity contribution >= 4 is 10.9 Å². The summed E-state index contributed by atoms with van der Waals surface area (Å²) in [6, 6.07) is 16.2. The number of aryl methyl sites for hydroxylation is 1. The normalized spacial score (nSPS) is 10.9. The van der Waals surface area contributed by atoms with Gasteiger partial charge in [-0.15, -0.1) is 0 Å². The predicted molar refractivity (Wildman–Crippen MR) is 92.8 cm³/mol. The topological polar surface area (TPSA) is 49.4 Å². The van der Waals surface area contributed by atoms with Gasteiger partial charge in [-0.3, -0.25) is 0 Å². The third kappa shape index (κ3) is 3.03. The van der Waals surface area contributed by atoms with Crippen LogP contribution in [0.25, 0.3) is 10.9 Å². The standard InChI is InChI=1S/C19H22N2O2/c1-3-21-16(11-15-9-8-14(12-20)10-17(15)21)13-23-19-7-5-4-6-18(19)22-2/h4-11H,3,12-13,20H2,1-2H3. The Morgan fingerprint density at radius 3 is 2.52 bits per heavy atom. The van der Waals surface area contributed by atoms with Gasteiger partial charge in [0.15, 0.2) is 11.5 Å². The molecule has 4 heteroatoms. The highest BCUT2D eigenvalue weighted by Crippen LogP contribution is 2.28. The van der Waals surface area contributed by atoms with Crippen molar-refractivity contribution in [3.8, 4) is 11.5 Å². The Bertz CT molecular complexity index is 808. The average Bonchev–Trinajstić information content (AvgIpc) is 2.96. The van der Waals surface area contributed by atoms with Crippen molar-refractivity contribution in [2.24, 2.45) is 5.73 Å². The van der Waals surface area contributed by atoms with Gasteiger partial charge in [-0.25, -0.2) is 0 Å². The van der Waals surface area contributed by atoms with Gasteiger partial charge in [-0.1, -0.05) is 24.3 Å². The van der Waals surface area contributed by atoms with Crippen molar-refractivity contribution in [3.63, 3.8) is 0 Å². The number of rotatable bonds is 6. The fourth-order valence-electron chi connectivity index (χ4n) is 2.87. The van der Waals surface area contributed by atoms with Crippen LogP contribution in [0.3, 0.4) is 0 Å². The highest BCUT2D eigenvalue weighted by Gasteiger charge is 2.10. The molecular formula is C19H22N2O2. The Kier molecular flexibility index (Phi) is 4.53. The molecule has 0 saturated heterocycles. The molecule has 0 aliphatic carbocycles. The Hall–Kier alpha value is -2.46. The number of nitrogens with two attached hydrogens (primary N) is 1. The quantitative estimate of drug-likeness (QED) is 0.755. The van der Waals surface area contributed by atoms with E-state index in [9.17, 15) is 0 Å². The van der Waals surface area contributed by atoms with Crippen LogP contribution in [0.2, 0.25) is 0 Å². The lowest BCUT2D eigenvalue weighted by atomic mass is 10.1. The van der Waals surface area contributed by atoms with Crippen LogP contribution in [0, 0.1) is 0 Å². The van der Waals surface area contributed by atoms with E-state index < -0.39 is 0 Å². The van der Waals surface area contributed by atoms with E-state index in [0.717, 1.165) is 29.3 Å². The third-order valence-corrected chi connectivity index (χ3v) is 4.05. The Balaban J connectivity index is 1.90. The van der Waals surface area contributed by atoms with Gasteiger partial charge in [0.25, 0.3) is 0 Å².